The maximum Gasteiger partial charge on any atom is 0.425 e. The van der Waals surface area contributed by atoms with Crippen molar-refractivity contribution in [2.24, 2.45) is 0 Å². The summed E-state index contributed by atoms with van der Waals surface area (Å²) in [5, 5.41) is 3.04. The van der Waals surface area contributed by atoms with Crippen LogP contribution in [0.4, 0.5) is 32.3 Å². The Morgan fingerprint density at radius 2 is 1.67 bits per heavy atom. The van der Waals surface area contributed by atoms with E-state index in [-0.39, 0.29) is 29.8 Å². The van der Waals surface area contributed by atoms with Gasteiger partial charge in [0.05, 0.1) is 19.2 Å². The number of likely N-dealkylation sites (N-methyl/N-ethyl adjacent to an activating group) is 1. The van der Waals surface area contributed by atoms with E-state index in [1.807, 2.05) is 45.9 Å². The summed E-state index contributed by atoms with van der Waals surface area (Å²) in [5.41, 5.74) is 3.02. The van der Waals surface area contributed by atoms with E-state index in [9.17, 15) is 9.59 Å². The van der Waals surface area contributed by atoms with Gasteiger partial charge in [0.2, 0.25) is 11.9 Å². The van der Waals surface area contributed by atoms with Crippen molar-refractivity contribution in [1.29, 1.82) is 0 Å². The van der Waals surface area contributed by atoms with Gasteiger partial charge in [-0.1, -0.05) is 24.3 Å². The number of benzene rings is 3. The Kier molecular flexibility index (Phi) is 13.8. The van der Waals surface area contributed by atoms with Gasteiger partial charge in [-0.2, -0.15) is 4.98 Å². The highest BCUT2D eigenvalue weighted by Crippen LogP contribution is 2.36. The third-order valence-electron chi connectivity index (χ3n) is 9.60. The number of methoxy groups -OCH3 is 1. The molecule has 3 aromatic carbocycles. The normalized spacial score (nSPS) is 13.4. The van der Waals surface area contributed by atoms with Crippen LogP contribution in [0.3, 0.4) is 0 Å². The highest BCUT2D eigenvalue weighted by Gasteiger charge is 2.27. The molecule has 54 heavy (non-hydrogen) atoms. The summed E-state index contributed by atoms with van der Waals surface area (Å²) >= 11 is 0. The molecule has 0 saturated carbocycles. The number of carbonyl (C=O) groups excluding carboxylic acids is 2. The number of hydrogen-bond acceptors (Lipinski definition) is 10. The molecule has 5 rings (SSSR count). The monoisotopic (exact) mass is 741 g/mol. The number of aromatic nitrogens is 2. The second kappa shape index (κ2) is 18.7. The van der Waals surface area contributed by atoms with Gasteiger partial charge >= 0.3 is 6.09 Å². The Hall–Kier alpha value is -5.27. The molecule has 288 valence electrons. The molecule has 1 saturated heterocycles. The zero-order valence-electron chi connectivity index (χ0n) is 32.4. The lowest BCUT2D eigenvalue weighted by Gasteiger charge is -2.36. The SMILES string of the molecule is CCN(CC)C(=O)Cc1ccc(N(C(=O)Oc2c(C)cccc2C)c2ccnc(Nc3ccc(OCCN4CCN(C(C)C)CC4)c(F)c3)n2)c(OC)c1. The minimum atomic E-state index is -0.739. The molecule has 0 radical (unpaired) electrons. The number of anilines is 4. The number of piperazine rings is 1. The molecule has 4 aromatic rings. The number of rotatable bonds is 15. The smallest absolute Gasteiger partial charge is 0.425 e. The van der Waals surface area contributed by atoms with Gasteiger partial charge in [0.15, 0.2) is 11.6 Å². The van der Waals surface area contributed by atoms with Crippen molar-refractivity contribution in [1.82, 2.24) is 24.7 Å². The molecule has 13 heteroatoms. The Balaban J connectivity index is 1.36. The molecule has 1 aromatic heterocycles. The molecule has 0 unspecified atom stereocenters. The number of para-hydroxylation sites is 1. The van der Waals surface area contributed by atoms with Crippen molar-refractivity contribution >= 4 is 35.1 Å². The predicted molar refractivity (Wildman–Crippen MR) is 209 cm³/mol. The number of amides is 2. The Bertz CT molecular complexity index is 1880. The lowest BCUT2D eigenvalue weighted by molar-refractivity contribution is -0.130. The molecule has 1 aliphatic heterocycles. The molecule has 1 fully saturated rings. The topological polar surface area (TPSA) is 113 Å². The van der Waals surface area contributed by atoms with E-state index in [1.165, 1.54) is 24.3 Å². The van der Waals surface area contributed by atoms with Gasteiger partial charge < -0.3 is 24.4 Å². The second-order valence-electron chi connectivity index (χ2n) is 13.5. The minimum Gasteiger partial charge on any atom is -0.495 e. The molecule has 2 heterocycles. The summed E-state index contributed by atoms with van der Waals surface area (Å²) < 4.78 is 32.8. The first-order valence-corrected chi connectivity index (χ1v) is 18.5. The minimum absolute atomic E-state index is 0.0144. The van der Waals surface area contributed by atoms with Gasteiger partial charge in [0, 0.05) is 75.9 Å². The van der Waals surface area contributed by atoms with Gasteiger partial charge in [-0.25, -0.2) is 19.1 Å². The Labute approximate surface area is 317 Å². The van der Waals surface area contributed by atoms with Crippen molar-refractivity contribution < 1.29 is 28.2 Å². The van der Waals surface area contributed by atoms with Crippen LogP contribution in [0.2, 0.25) is 0 Å². The van der Waals surface area contributed by atoms with E-state index in [0.29, 0.717) is 48.6 Å². The first-order valence-electron chi connectivity index (χ1n) is 18.5. The summed E-state index contributed by atoms with van der Waals surface area (Å²) in [6, 6.07) is 17.5. The zero-order valence-corrected chi connectivity index (χ0v) is 32.4. The number of halogens is 1. The van der Waals surface area contributed by atoms with Crippen LogP contribution in [0.25, 0.3) is 0 Å². The van der Waals surface area contributed by atoms with Crippen molar-refractivity contribution in [3.05, 3.63) is 89.4 Å². The van der Waals surface area contributed by atoms with Crippen molar-refractivity contribution in [3.63, 3.8) is 0 Å². The summed E-state index contributed by atoms with van der Waals surface area (Å²) in [4.78, 5) is 43.8. The van der Waals surface area contributed by atoms with E-state index in [1.54, 1.807) is 41.3 Å². The summed E-state index contributed by atoms with van der Waals surface area (Å²) in [5.74, 6) is 0.665. The molecule has 1 aliphatic rings. The molecule has 2 amide bonds. The van der Waals surface area contributed by atoms with E-state index >= 15 is 4.39 Å². The predicted octanol–water partition coefficient (Wildman–Crippen LogP) is 7.14. The average Bonchev–Trinajstić information content (AvgIpc) is 3.15. The van der Waals surface area contributed by atoms with Crippen LogP contribution in [-0.4, -0.2) is 102 Å². The number of hydrogen-bond donors (Lipinski definition) is 1. The van der Waals surface area contributed by atoms with Gasteiger partial charge in [-0.3, -0.25) is 14.6 Å². The van der Waals surface area contributed by atoms with E-state index in [2.05, 4.69) is 38.9 Å². The lowest BCUT2D eigenvalue weighted by Crippen LogP contribution is -2.49. The number of aryl methyl sites for hydroxylation is 2. The summed E-state index contributed by atoms with van der Waals surface area (Å²) in [6.07, 6.45) is 0.919. The molecular formula is C41H52FN7O5. The fraction of sp³-hybridized carbons (Fsp3) is 0.415. The van der Waals surface area contributed by atoms with Gasteiger partial charge in [0.1, 0.15) is 23.9 Å². The Morgan fingerprint density at radius 3 is 2.31 bits per heavy atom. The fourth-order valence-corrected chi connectivity index (χ4v) is 6.43. The van der Waals surface area contributed by atoms with Crippen LogP contribution >= 0.6 is 0 Å². The molecule has 0 bridgehead atoms. The van der Waals surface area contributed by atoms with E-state index < -0.39 is 11.9 Å². The average molecular weight is 742 g/mol. The number of carbonyl (C=O) groups is 2. The van der Waals surface area contributed by atoms with Crippen LogP contribution in [0.15, 0.2) is 66.9 Å². The molecular weight excluding hydrogens is 689 g/mol. The van der Waals surface area contributed by atoms with Crippen LogP contribution in [-0.2, 0) is 11.2 Å². The van der Waals surface area contributed by atoms with Crippen molar-refractivity contribution in [2.45, 2.75) is 54.0 Å². The first-order chi connectivity index (χ1) is 26.0. The summed E-state index contributed by atoms with van der Waals surface area (Å²) in [6.45, 7) is 18.3. The Morgan fingerprint density at radius 1 is 0.944 bits per heavy atom. The summed E-state index contributed by atoms with van der Waals surface area (Å²) in [7, 11) is 1.49. The molecule has 0 spiro atoms. The number of nitrogens with zero attached hydrogens (tertiary/aromatic N) is 6. The quantitative estimate of drug-likeness (QED) is 0.135. The second-order valence-corrected chi connectivity index (χ2v) is 13.5. The molecule has 0 aliphatic carbocycles. The largest absolute Gasteiger partial charge is 0.495 e. The highest BCUT2D eigenvalue weighted by molar-refractivity contribution is 5.98. The van der Waals surface area contributed by atoms with E-state index in [0.717, 1.165) is 49.4 Å². The molecule has 1 N–H and O–H groups in total. The maximum absolute atomic E-state index is 15.2. The number of nitrogens with one attached hydrogen (secondary N) is 1. The molecule has 0 atom stereocenters. The van der Waals surface area contributed by atoms with Crippen LogP contribution in [0, 0.1) is 19.7 Å². The third kappa shape index (κ3) is 10.0. The van der Waals surface area contributed by atoms with Crippen molar-refractivity contribution in [3.8, 4) is 17.2 Å². The third-order valence-corrected chi connectivity index (χ3v) is 9.60. The number of ether oxygens (including phenoxy) is 3. The lowest BCUT2D eigenvalue weighted by atomic mass is 10.1. The standard InChI is InChI=1S/C41H52FN7O5/c1-8-47(9-2)38(50)26-31-13-15-34(36(25-31)52-7)49(41(51)54-39-29(5)11-10-12-30(39)6)37-17-18-43-40(45-37)44-32-14-16-35(33(42)27-32)53-24-23-46-19-21-48(22-20-46)28(3)4/h10-18,25,27-28H,8-9,19-24,26H2,1-7H3,(H,43,44,45). The van der Waals surface area contributed by atoms with Gasteiger partial charge in [0.25, 0.3) is 0 Å². The zero-order chi connectivity index (χ0) is 38.8. The first kappa shape index (κ1) is 39.9. The maximum atomic E-state index is 15.2. The van der Waals surface area contributed by atoms with Crippen LogP contribution < -0.4 is 24.4 Å². The van der Waals surface area contributed by atoms with E-state index in [4.69, 9.17) is 14.2 Å². The van der Waals surface area contributed by atoms with Crippen LogP contribution in [0.5, 0.6) is 17.2 Å². The fourth-order valence-electron chi connectivity index (χ4n) is 6.43. The van der Waals surface area contributed by atoms with Crippen LogP contribution in [0.1, 0.15) is 44.4 Å². The van der Waals surface area contributed by atoms with Gasteiger partial charge in [-0.05, 0) is 82.5 Å². The van der Waals surface area contributed by atoms with Crippen molar-refractivity contribution in [2.75, 3.05) is 69.7 Å². The van der Waals surface area contributed by atoms with Gasteiger partial charge in [-0.15, -0.1) is 0 Å². The highest BCUT2D eigenvalue weighted by atomic mass is 19.1. The molecule has 12 nitrogen and oxygen atoms in total.